The van der Waals surface area contributed by atoms with E-state index in [9.17, 15) is 0 Å². The minimum absolute atomic E-state index is 0.0832. The van der Waals surface area contributed by atoms with Gasteiger partial charge in [0.1, 0.15) is 5.82 Å². The van der Waals surface area contributed by atoms with Crippen LogP contribution in [0.4, 0.5) is 17.6 Å². The van der Waals surface area contributed by atoms with Gasteiger partial charge in [0.15, 0.2) is 5.82 Å². The van der Waals surface area contributed by atoms with E-state index in [1.807, 2.05) is 12.3 Å². The number of hydrogen-bond acceptors (Lipinski definition) is 5. The molecule has 0 radical (unpaired) electrons. The zero-order chi connectivity index (χ0) is 18.2. The lowest BCUT2D eigenvalue weighted by atomic mass is 10.1. The maximum atomic E-state index is 4.56. The molecule has 7 nitrogen and oxygen atoms in total. The SMILES string of the molecule is CC(Nc1nccc(Nc2cc(C3CC3)[nH]n2)n1)c1ccc2cc[nH]c2c1. The van der Waals surface area contributed by atoms with E-state index in [4.69, 9.17) is 0 Å². The Kier molecular flexibility index (Phi) is 3.78. The molecule has 4 N–H and O–H groups in total. The number of hydrogen-bond donors (Lipinski definition) is 4. The summed E-state index contributed by atoms with van der Waals surface area (Å²) < 4.78 is 0. The molecule has 3 heterocycles. The highest BCUT2D eigenvalue weighted by Crippen LogP contribution is 2.39. The average Bonchev–Trinajstić information content (AvgIpc) is 3.23. The molecule has 5 rings (SSSR count). The van der Waals surface area contributed by atoms with E-state index in [1.54, 1.807) is 6.20 Å². The summed E-state index contributed by atoms with van der Waals surface area (Å²) in [5, 5.41) is 15.2. The van der Waals surface area contributed by atoms with Crippen LogP contribution < -0.4 is 10.6 Å². The molecule has 0 amide bonds. The summed E-state index contributed by atoms with van der Waals surface area (Å²) in [5.41, 5.74) is 3.49. The largest absolute Gasteiger partial charge is 0.361 e. The summed E-state index contributed by atoms with van der Waals surface area (Å²) >= 11 is 0. The van der Waals surface area contributed by atoms with Gasteiger partial charge in [0.25, 0.3) is 0 Å². The molecule has 1 aromatic carbocycles. The zero-order valence-corrected chi connectivity index (χ0v) is 15.0. The molecule has 4 aromatic rings. The molecule has 0 aliphatic heterocycles. The van der Waals surface area contributed by atoms with Crippen LogP contribution in [0.15, 0.2) is 48.8 Å². The lowest BCUT2D eigenvalue weighted by Gasteiger charge is -2.15. The number of nitrogens with one attached hydrogen (secondary N) is 4. The van der Waals surface area contributed by atoms with Crippen LogP contribution in [0.3, 0.4) is 0 Å². The standard InChI is InChI=1S/C20H21N7/c1-12(15-5-4-14-6-8-21-16(14)10-15)23-20-22-9-7-18(25-20)24-19-11-17(26-27-19)13-2-3-13/h4-13,21H,2-3H2,1H3,(H3,22,23,24,25,26,27). The fourth-order valence-electron chi connectivity index (χ4n) is 3.24. The Morgan fingerprint density at radius 2 is 2.04 bits per heavy atom. The Hall–Kier alpha value is -3.35. The third kappa shape index (κ3) is 3.36. The maximum Gasteiger partial charge on any atom is 0.225 e. The second-order valence-corrected chi connectivity index (χ2v) is 7.06. The summed E-state index contributed by atoms with van der Waals surface area (Å²) in [4.78, 5) is 12.2. The van der Waals surface area contributed by atoms with Crippen molar-refractivity contribution in [3.63, 3.8) is 0 Å². The van der Waals surface area contributed by atoms with Gasteiger partial charge in [-0.2, -0.15) is 10.1 Å². The fraction of sp³-hybridized carbons (Fsp3) is 0.250. The molecule has 3 aromatic heterocycles. The van der Waals surface area contributed by atoms with Crippen LogP contribution in [0, 0.1) is 0 Å². The van der Waals surface area contributed by atoms with Gasteiger partial charge < -0.3 is 15.6 Å². The Balaban J connectivity index is 1.30. The number of rotatable bonds is 6. The molecule has 0 saturated heterocycles. The molecule has 1 fully saturated rings. The highest BCUT2D eigenvalue weighted by molar-refractivity contribution is 5.80. The number of nitrogens with zero attached hydrogens (tertiary/aromatic N) is 3. The van der Waals surface area contributed by atoms with E-state index in [2.05, 4.69) is 73.0 Å². The van der Waals surface area contributed by atoms with Crippen LogP contribution in [-0.2, 0) is 0 Å². The van der Waals surface area contributed by atoms with Crippen molar-refractivity contribution in [1.82, 2.24) is 25.1 Å². The van der Waals surface area contributed by atoms with Crippen LogP contribution in [0.25, 0.3) is 10.9 Å². The van der Waals surface area contributed by atoms with Gasteiger partial charge in [-0.05, 0) is 48.9 Å². The summed E-state index contributed by atoms with van der Waals surface area (Å²) in [6, 6.07) is 12.4. The van der Waals surface area contributed by atoms with Crippen molar-refractivity contribution in [3.05, 3.63) is 60.0 Å². The molecular formula is C20H21N7. The first-order valence-electron chi connectivity index (χ1n) is 9.23. The van der Waals surface area contributed by atoms with Crippen LogP contribution in [0.5, 0.6) is 0 Å². The summed E-state index contributed by atoms with van der Waals surface area (Å²) in [5.74, 6) is 2.73. The number of fused-ring (bicyclic) bond motifs is 1. The quantitative estimate of drug-likeness (QED) is 0.407. The molecule has 7 heteroatoms. The first kappa shape index (κ1) is 15.9. The Morgan fingerprint density at radius 1 is 1.11 bits per heavy atom. The van der Waals surface area contributed by atoms with Crippen LogP contribution in [0.1, 0.15) is 43.0 Å². The molecule has 136 valence electrons. The fourth-order valence-corrected chi connectivity index (χ4v) is 3.24. The van der Waals surface area contributed by atoms with Crippen LogP contribution in [0.2, 0.25) is 0 Å². The third-order valence-corrected chi connectivity index (χ3v) is 4.95. The minimum atomic E-state index is 0.0832. The first-order chi connectivity index (χ1) is 13.2. The monoisotopic (exact) mass is 359 g/mol. The Bertz CT molecular complexity index is 1080. The van der Waals surface area contributed by atoms with Gasteiger partial charge in [-0.15, -0.1) is 0 Å². The van der Waals surface area contributed by atoms with E-state index < -0.39 is 0 Å². The summed E-state index contributed by atoms with van der Waals surface area (Å²) in [6.45, 7) is 2.10. The second-order valence-electron chi connectivity index (χ2n) is 7.06. The first-order valence-corrected chi connectivity index (χ1v) is 9.23. The highest BCUT2D eigenvalue weighted by Gasteiger charge is 2.25. The number of aromatic nitrogens is 5. The average molecular weight is 359 g/mol. The molecule has 0 bridgehead atoms. The molecule has 1 unspecified atom stereocenters. The van der Waals surface area contributed by atoms with Gasteiger partial charge in [0, 0.05) is 35.6 Å². The van der Waals surface area contributed by atoms with Gasteiger partial charge >= 0.3 is 0 Å². The zero-order valence-electron chi connectivity index (χ0n) is 15.0. The maximum absolute atomic E-state index is 4.56. The Labute approximate surface area is 156 Å². The van der Waals surface area contributed by atoms with Crippen LogP contribution in [-0.4, -0.2) is 25.1 Å². The number of anilines is 3. The number of H-pyrrole nitrogens is 2. The van der Waals surface area contributed by atoms with Crippen molar-refractivity contribution in [2.75, 3.05) is 10.6 Å². The van der Waals surface area contributed by atoms with Crippen molar-refractivity contribution >= 4 is 28.5 Å². The summed E-state index contributed by atoms with van der Waals surface area (Å²) in [7, 11) is 0. The number of benzene rings is 1. The molecule has 1 aliphatic rings. The van der Waals surface area contributed by atoms with Gasteiger partial charge in [0.05, 0.1) is 6.04 Å². The van der Waals surface area contributed by atoms with Crippen molar-refractivity contribution in [1.29, 1.82) is 0 Å². The van der Waals surface area contributed by atoms with E-state index >= 15 is 0 Å². The topological polar surface area (TPSA) is 94.3 Å². The molecule has 1 aliphatic carbocycles. The molecule has 1 saturated carbocycles. The van der Waals surface area contributed by atoms with Gasteiger partial charge in [0.2, 0.25) is 5.95 Å². The smallest absolute Gasteiger partial charge is 0.225 e. The van der Waals surface area contributed by atoms with Gasteiger partial charge in [-0.25, -0.2) is 4.98 Å². The predicted molar refractivity (Wildman–Crippen MR) is 106 cm³/mol. The second kappa shape index (κ2) is 6.42. The van der Waals surface area contributed by atoms with E-state index in [0.717, 1.165) is 11.3 Å². The Morgan fingerprint density at radius 3 is 2.93 bits per heavy atom. The van der Waals surface area contributed by atoms with Gasteiger partial charge in [-0.3, -0.25) is 5.10 Å². The highest BCUT2D eigenvalue weighted by atomic mass is 15.2. The molecule has 27 heavy (non-hydrogen) atoms. The minimum Gasteiger partial charge on any atom is -0.361 e. The lowest BCUT2D eigenvalue weighted by Crippen LogP contribution is -2.10. The van der Waals surface area contributed by atoms with Gasteiger partial charge in [-0.1, -0.05) is 12.1 Å². The normalized spacial score (nSPS) is 15.0. The van der Waals surface area contributed by atoms with Crippen molar-refractivity contribution in [3.8, 4) is 0 Å². The van der Waals surface area contributed by atoms with E-state index in [-0.39, 0.29) is 6.04 Å². The molecule has 1 atom stereocenters. The number of aromatic amines is 2. The van der Waals surface area contributed by atoms with Crippen molar-refractivity contribution in [2.45, 2.75) is 31.7 Å². The van der Waals surface area contributed by atoms with E-state index in [1.165, 1.54) is 29.5 Å². The third-order valence-electron chi connectivity index (χ3n) is 4.95. The van der Waals surface area contributed by atoms with Crippen LogP contribution >= 0.6 is 0 Å². The molecule has 0 spiro atoms. The molecular weight excluding hydrogens is 338 g/mol. The summed E-state index contributed by atoms with van der Waals surface area (Å²) in [6.07, 6.45) is 6.19. The van der Waals surface area contributed by atoms with Crippen molar-refractivity contribution in [2.24, 2.45) is 0 Å². The lowest BCUT2D eigenvalue weighted by molar-refractivity contribution is 0.862. The predicted octanol–water partition coefficient (Wildman–Crippen LogP) is 4.48. The van der Waals surface area contributed by atoms with Crippen molar-refractivity contribution < 1.29 is 0 Å². The van der Waals surface area contributed by atoms with E-state index in [0.29, 0.717) is 17.7 Å².